The molecule has 1 amide bonds. The summed E-state index contributed by atoms with van der Waals surface area (Å²) in [6, 6.07) is 6.40. The minimum absolute atomic E-state index is 0.155. The lowest BCUT2D eigenvalue weighted by atomic mass is 10.2. The highest BCUT2D eigenvalue weighted by atomic mass is 32.2. The summed E-state index contributed by atoms with van der Waals surface area (Å²) >= 11 is 1.38. The van der Waals surface area contributed by atoms with Gasteiger partial charge in [-0.15, -0.1) is 10.2 Å². The number of hydrogen-bond acceptors (Lipinski definition) is 6. The van der Waals surface area contributed by atoms with Crippen molar-refractivity contribution in [3.05, 3.63) is 30.1 Å². The van der Waals surface area contributed by atoms with Crippen LogP contribution < -0.4 is 5.32 Å². The van der Waals surface area contributed by atoms with Gasteiger partial charge in [-0.2, -0.15) is 4.31 Å². The van der Waals surface area contributed by atoms with Crippen LogP contribution in [0.15, 0.2) is 34.3 Å². The molecule has 1 aromatic carbocycles. The van der Waals surface area contributed by atoms with Crippen LogP contribution in [0, 0.1) is 0 Å². The Kier molecular flexibility index (Phi) is 6.74. The molecular formula is C20H27N5O3S2. The Morgan fingerprint density at radius 2 is 1.67 bits per heavy atom. The number of piperidine rings is 1. The van der Waals surface area contributed by atoms with Crippen molar-refractivity contribution in [1.29, 1.82) is 0 Å². The Morgan fingerprint density at radius 1 is 0.967 bits per heavy atom. The van der Waals surface area contributed by atoms with E-state index in [2.05, 4.69) is 20.1 Å². The summed E-state index contributed by atoms with van der Waals surface area (Å²) in [6.07, 6.45) is 7.25. The maximum atomic E-state index is 12.7. The molecule has 2 aliphatic heterocycles. The van der Waals surface area contributed by atoms with Gasteiger partial charge in [0.05, 0.1) is 10.6 Å². The second-order valence-corrected chi connectivity index (χ2v) is 10.6. The second-order valence-electron chi connectivity index (χ2n) is 7.69. The Hall–Kier alpha value is -1.91. The monoisotopic (exact) mass is 449 g/mol. The van der Waals surface area contributed by atoms with E-state index in [0.717, 1.165) is 56.1 Å². The van der Waals surface area contributed by atoms with Gasteiger partial charge in [0.15, 0.2) is 5.16 Å². The minimum Gasteiger partial charge on any atom is -0.325 e. The van der Waals surface area contributed by atoms with Gasteiger partial charge in [-0.25, -0.2) is 8.42 Å². The number of aromatic nitrogens is 3. The lowest BCUT2D eigenvalue weighted by Crippen LogP contribution is -2.35. The lowest BCUT2D eigenvalue weighted by Gasteiger charge is -2.25. The molecule has 1 aromatic heterocycles. The summed E-state index contributed by atoms with van der Waals surface area (Å²) in [6.45, 7) is 2.05. The summed E-state index contributed by atoms with van der Waals surface area (Å²) in [4.78, 5) is 12.6. The van der Waals surface area contributed by atoms with Crippen molar-refractivity contribution < 1.29 is 13.2 Å². The molecule has 1 N–H and O–H groups in total. The second kappa shape index (κ2) is 9.49. The highest BCUT2D eigenvalue weighted by molar-refractivity contribution is 7.99. The summed E-state index contributed by atoms with van der Waals surface area (Å²) in [5, 5.41) is 12.1. The molecule has 0 atom stereocenters. The largest absolute Gasteiger partial charge is 0.325 e. The number of sulfonamides is 1. The van der Waals surface area contributed by atoms with E-state index >= 15 is 0 Å². The maximum absolute atomic E-state index is 12.7. The van der Waals surface area contributed by atoms with E-state index < -0.39 is 10.0 Å². The molecular weight excluding hydrogens is 422 g/mol. The summed E-state index contributed by atoms with van der Waals surface area (Å²) in [5.74, 6) is 1.07. The molecule has 0 saturated carbocycles. The molecule has 0 radical (unpaired) electrons. The standard InChI is InChI=1S/C20H27N5O3S2/c26-19(15-29-20-23-22-18-7-3-1-6-14-25(18)20)21-16-8-10-17(11-9-16)30(27,28)24-12-4-2-5-13-24/h8-11H,1-7,12-15H2,(H,21,26). The smallest absolute Gasteiger partial charge is 0.243 e. The van der Waals surface area contributed by atoms with Gasteiger partial charge in [-0.3, -0.25) is 4.79 Å². The average molecular weight is 450 g/mol. The molecule has 0 spiro atoms. The highest BCUT2D eigenvalue weighted by Gasteiger charge is 2.25. The lowest BCUT2D eigenvalue weighted by molar-refractivity contribution is -0.113. The zero-order valence-corrected chi connectivity index (χ0v) is 18.6. The first kappa shape index (κ1) is 21.3. The quantitative estimate of drug-likeness (QED) is 0.681. The number of carbonyl (C=O) groups excluding carboxylic acids is 1. The van der Waals surface area contributed by atoms with Crippen molar-refractivity contribution >= 4 is 33.4 Å². The van der Waals surface area contributed by atoms with Crippen LogP contribution in [0.1, 0.15) is 44.3 Å². The molecule has 10 heteroatoms. The van der Waals surface area contributed by atoms with Crippen molar-refractivity contribution in [2.24, 2.45) is 0 Å². The Morgan fingerprint density at radius 3 is 2.43 bits per heavy atom. The highest BCUT2D eigenvalue weighted by Crippen LogP contribution is 2.24. The third-order valence-electron chi connectivity index (χ3n) is 5.50. The van der Waals surface area contributed by atoms with Gasteiger partial charge in [-0.05, 0) is 49.9 Å². The fourth-order valence-corrected chi connectivity index (χ4v) is 6.16. The first-order valence-corrected chi connectivity index (χ1v) is 12.9. The molecule has 4 rings (SSSR count). The topological polar surface area (TPSA) is 97.2 Å². The average Bonchev–Trinajstić information content (AvgIpc) is 2.99. The third kappa shape index (κ3) is 4.87. The molecule has 0 bridgehead atoms. The van der Waals surface area contributed by atoms with E-state index in [0.29, 0.717) is 18.8 Å². The first-order valence-electron chi connectivity index (χ1n) is 10.5. The molecule has 30 heavy (non-hydrogen) atoms. The number of amides is 1. The first-order chi connectivity index (χ1) is 14.5. The van der Waals surface area contributed by atoms with Crippen LogP contribution >= 0.6 is 11.8 Å². The van der Waals surface area contributed by atoms with Crippen molar-refractivity contribution in [3.63, 3.8) is 0 Å². The summed E-state index contributed by atoms with van der Waals surface area (Å²) in [5.41, 5.74) is 0.582. The molecule has 0 unspecified atom stereocenters. The molecule has 2 aliphatic rings. The van der Waals surface area contributed by atoms with Crippen LogP contribution in [0.4, 0.5) is 5.69 Å². The van der Waals surface area contributed by atoms with E-state index in [4.69, 9.17) is 0 Å². The van der Waals surface area contributed by atoms with Gasteiger partial charge in [0.2, 0.25) is 15.9 Å². The number of thioether (sulfide) groups is 1. The molecule has 1 saturated heterocycles. The van der Waals surface area contributed by atoms with Gasteiger partial charge in [0.25, 0.3) is 0 Å². The maximum Gasteiger partial charge on any atom is 0.243 e. The predicted molar refractivity (Wildman–Crippen MR) is 116 cm³/mol. The van der Waals surface area contributed by atoms with Crippen LogP contribution in [0.25, 0.3) is 0 Å². The van der Waals surface area contributed by atoms with Gasteiger partial charge >= 0.3 is 0 Å². The molecule has 8 nitrogen and oxygen atoms in total. The van der Waals surface area contributed by atoms with E-state index in [1.165, 1.54) is 18.2 Å². The number of rotatable bonds is 6. The Balaban J connectivity index is 1.33. The minimum atomic E-state index is -3.46. The number of aryl methyl sites for hydroxylation is 1. The van der Waals surface area contributed by atoms with Gasteiger partial charge in [0.1, 0.15) is 5.82 Å². The van der Waals surface area contributed by atoms with E-state index in [1.54, 1.807) is 28.6 Å². The van der Waals surface area contributed by atoms with Gasteiger partial charge in [-0.1, -0.05) is 24.6 Å². The van der Waals surface area contributed by atoms with Crippen LogP contribution in [0.2, 0.25) is 0 Å². The van der Waals surface area contributed by atoms with Crippen molar-refractivity contribution in [1.82, 2.24) is 19.1 Å². The van der Waals surface area contributed by atoms with Crippen molar-refractivity contribution in [2.45, 2.75) is 61.5 Å². The molecule has 162 valence electrons. The SMILES string of the molecule is O=C(CSc1nnc2n1CCCCC2)Nc1ccc(S(=O)(=O)N2CCCCC2)cc1. The van der Waals surface area contributed by atoms with Gasteiger partial charge in [0, 0.05) is 31.7 Å². The number of nitrogens with zero attached hydrogens (tertiary/aromatic N) is 4. The zero-order chi connectivity index (χ0) is 21.0. The fourth-order valence-electron chi connectivity index (χ4n) is 3.86. The number of hydrogen-bond donors (Lipinski definition) is 1. The van der Waals surface area contributed by atoms with Gasteiger partial charge < -0.3 is 9.88 Å². The Bertz CT molecular complexity index is 982. The number of anilines is 1. The number of carbonyl (C=O) groups is 1. The van der Waals surface area contributed by atoms with E-state index in [9.17, 15) is 13.2 Å². The Labute approximate surface area is 181 Å². The van der Waals surface area contributed by atoms with Crippen LogP contribution in [0.3, 0.4) is 0 Å². The number of benzene rings is 1. The van der Waals surface area contributed by atoms with Crippen LogP contribution in [0.5, 0.6) is 0 Å². The molecule has 0 aliphatic carbocycles. The van der Waals surface area contributed by atoms with E-state index in [-0.39, 0.29) is 16.6 Å². The fraction of sp³-hybridized carbons (Fsp3) is 0.550. The normalized spacial score (nSPS) is 17.9. The third-order valence-corrected chi connectivity index (χ3v) is 8.38. The summed E-state index contributed by atoms with van der Waals surface area (Å²) < 4.78 is 29.1. The van der Waals surface area contributed by atoms with Crippen LogP contribution in [-0.2, 0) is 27.8 Å². The summed E-state index contributed by atoms with van der Waals surface area (Å²) in [7, 11) is -3.46. The molecule has 3 heterocycles. The molecule has 1 fully saturated rings. The van der Waals surface area contributed by atoms with Crippen molar-refractivity contribution in [2.75, 3.05) is 24.2 Å². The zero-order valence-electron chi connectivity index (χ0n) is 16.9. The van der Waals surface area contributed by atoms with Crippen molar-refractivity contribution in [3.8, 4) is 0 Å². The van der Waals surface area contributed by atoms with Crippen LogP contribution in [-0.4, -0.2) is 52.2 Å². The number of nitrogens with one attached hydrogen (secondary N) is 1. The van der Waals surface area contributed by atoms with E-state index in [1.807, 2.05) is 0 Å². The molecule has 2 aromatic rings. The number of fused-ring (bicyclic) bond motifs is 1. The predicted octanol–water partition coefficient (Wildman–Crippen LogP) is 2.91.